The summed E-state index contributed by atoms with van der Waals surface area (Å²) >= 11 is 0. The molecule has 2 rings (SSSR count). The molecular weight excluding hydrogens is 217 g/mol. The van der Waals surface area contributed by atoms with Crippen LogP contribution in [-0.2, 0) is 0 Å². The number of aromatic amines is 1. The first kappa shape index (κ1) is 12.6. The second-order valence-corrected chi connectivity index (χ2v) is 5.73. The highest BCUT2D eigenvalue weighted by Crippen LogP contribution is 2.42. The highest BCUT2D eigenvalue weighted by Gasteiger charge is 2.34. The smallest absolute Gasteiger partial charge is 0.103 e. The van der Waals surface area contributed by atoms with Crippen LogP contribution in [-0.4, -0.2) is 16.6 Å². The summed E-state index contributed by atoms with van der Waals surface area (Å²) in [5.74, 6) is 1.36. The van der Waals surface area contributed by atoms with Gasteiger partial charge in [-0.25, -0.2) is 4.98 Å². The molecule has 0 aliphatic heterocycles. The van der Waals surface area contributed by atoms with Crippen molar-refractivity contribution in [3.63, 3.8) is 0 Å². The zero-order valence-corrected chi connectivity index (χ0v) is 10.7. The van der Waals surface area contributed by atoms with E-state index >= 15 is 0 Å². The molecule has 1 fully saturated rings. The van der Waals surface area contributed by atoms with Crippen molar-refractivity contribution >= 4 is 0 Å². The SMILES string of the molecule is Cc1ncc(C(N)C2CCC(C)(CF)CC2)[nH]1. The first-order valence-corrected chi connectivity index (χ1v) is 6.37. The largest absolute Gasteiger partial charge is 0.345 e. The van der Waals surface area contributed by atoms with Gasteiger partial charge in [0.1, 0.15) is 5.82 Å². The van der Waals surface area contributed by atoms with E-state index in [0.717, 1.165) is 37.2 Å². The molecule has 4 heteroatoms. The van der Waals surface area contributed by atoms with Crippen LogP contribution in [0.15, 0.2) is 6.20 Å². The molecular formula is C13H22FN3. The summed E-state index contributed by atoms with van der Waals surface area (Å²) < 4.78 is 12.9. The van der Waals surface area contributed by atoms with Gasteiger partial charge in [0, 0.05) is 12.2 Å². The number of rotatable bonds is 3. The zero-order valence-electron chi connectivity index (χ0n) is 10.7. The Hall–Kier alpha value is -0.900. The van der Waals surface area contributed by atoms with Crippen LogP contribution < -0.4 is 5.73 Å². The van der Waals surface area contributed by atoms with Gasteiger partial charge in [-0.05, 0) is 43.9 Å². The van der Waals surface area contributed by atoms with Gasteiger partial charge in [0.25, 0.3) is 0 Å². The van der Waals surface area contributed by atoms with Gasteiger partial charge < -0.3 is 10.7 Å². The van der Waals surface area contributed by atoms with Crippen LogP contribution in [0.4, 0.5) is 4.39 Å². The van der Waals surface area contributed by atoms with Crippen LogP contribution in [0.2, 0.25) is 0 Å². The molecule has 1 aromatic heterocycles. The van der Waals surface area contributed by atoms with Gasteiger partial charge in [0.15, 0.2) is 0 Å². The summed E-state index contributed by atoms with van der Waals surface area (Å²) in [4.78, 5) is 7.38. The molecule has 1 unspecified atom stereocenters. The third-order valence-electron chi connectivity index (χ3n) is 4.15. The minimum absolute atomic E-state index is 0.0142. The molecule has 0 radical (unpaired) electrons. The number of H-pyrrole nitrogens is 1. The Balaban J connectivity index is 1.97. The van der Waals surface area contributed by atoms with E-state index in [0.29, 0.717) is 5.92 Å². The normalized spacial score (nSPS) is 31.4. The summed E-state index contributed by atoms with van der Waals surface area (Å²) in [5, 5.41) is 0. The Morgan fingerprint density at radius 3 is 2.71 bits per heavy atom. The van der Waals surface area contributed by atoms with Gasteiger partial charge in [-0.2, -0.15) is 0 Å². The fraction of sp³-hybridized carbons (Fsp3) is 0.769. The predicted molar refractivity (Wildman–Crippen MR) is 66.3 cm³/mol. The van der Waals surface area contributed by atoms with Gasteiger partial charge in [-0.15, -0.1) is 0 Å². The number of nitrogens with one attached hydrogen (secondary N) is 1. The lowest BCUT2D eigenvalue weighted by Crippen LogP contribution is -2.31. The molecule has 3 N–H and O–H groups in total. The molecule has 0 spiro atoms. The average Bonchev–Trinajstić information content (AvgIpc) is 2.76. The highest BCUT2D eigenvalue weighted by molar-refractivity contribution is 5.07. The fourth-order valence-corrected chi connectivity index (χ4v) is 2.69. The minimum Gasteiger partial charge on any atom is -0.345 e. The van der Waals surface area contributed by atoms with E-state index in [1.54, 1.807) is 0 Å². The quantitative estimate of drug-likeness (QED) is 0.852. The van der Waals surface area contributed by atoms with Crippen LogP contribution in [0.1, 0.15) is 50.2 Å². The number of hydrogen-bond acceptors (Lipinski definition) is 2. The topological polar surface area (TPSA) is 54.7 Å². The minimum atomic E-state index is -0.210. The van der Waals surface area contributed by atoms with Crippen molar-refractivity contribution < 1.29 is 4.39 Å². The number of alkyl halides is 1. The third kappa shape index (κ3) is 2.68. The van der Waals surface area contributed by atoms with E-state index in [9.17, 15) is 4.39 Å². The molecule has 1 aliphatic rings. The number of nitrogens with zero attached hydrogens (tertiary/aromatic N) is 1. The van der Waals surface area contributed by atoms with Crippen molar-refractivity contribution in [2.45, 2.75) is 45.6 Å². The van der Waals surface area contributed by atoms with Crippen LogP contribution >= 0.6 is 0 Å². The Morgan fingerprint density at radius 2 is 2.24 bits per heavy atom. The van der Waals surface area contributed by atoms with Crippen LogP contribution in [0.3, 0.4) is 0 Å². The monoisotopic (exact) mass is 239 g/mol. The Labute approximate surface area is 102 Å². The maximum absolute atomic E-state index is 12.9. The van der Waals surface area contributed by atoms with E-state index in [1.165, 1.54) is 0 Å². The molecule has 96 valence electrons. The zero-order chi connectivity index (χ0) is 12.5. The van der Waals surface area contributed by atoms with Crippen molar-refractivity contribution in [3.05, 3.63) is 17.7 Å². The first-order valence-electron chi connectivity index (χ1n) is 6.37. The van der Waals surface area contributed by atoms with Crippen LogP contribution in [0, 0.1) is 18.3 Å². The standard InChI is InChI=1S/C13H22FN3/c1-9-16-7-11(17-9)12(15)10-3-5-13(2,8-14)6-4-10/h7,10,12H,3-6,8,15H2,1-2H3,(H,16,17). The van der Waals surface area contributed by atoms with Crippen LogP contribution in [0.25, 0.3) is 0 Å². The molecule has 1 aliphatic carbocycles. The lowest BCUT2D eigenvalue weighted by atomic mass is 9.70. The van der Waals surface area contributed by atoms with Gasteiger partial charge in [-0.1, -0.05) is 6.92 Å². The Kier molecular flexibility index (Phi) is 3.52. The number of aromatic nitrogens is 2. The number of halogens is 1. The van der Waals surface area contributed by atoms with Crippen molar-refractivity contribution in [1.29, 1.82) is 0 Å². The molecule has 0 amide bonds. The fourth-order valence-electron chi connectivity index (χ4n) is 2.69. The number of nitrogens with two attached hydrogens (primary N) is 1. The molecule has 1 heterocycles. The van der Waals surface area contributed by atoms with Crippen molar-refractivity contribution in [2.24, 2.45) is 17.1 Å². The Bertz CT molecular complexity index is 366. The third-order valence-corrected chi connectivity index (χ3v) is 4.15. The summed E-state index contributed by atoms with van der Waals surface area (Å²) in [6.45, 7) is 3.75. The van der Waals surface area contributed by atoms with Gasteiger partial charge in [0.2, 0.25) is 0 Å². The maximum Gasteiger partial charge on any atom is 0.103 e. The summed E-state index contributed by atoms with van der Waals surface area (Å²) in [6, 6.07) is 0.0142. The lowest BCUT2D eigenvalue weighted by Gasteiger charge is -2.37. The molecule has 0 bridgehead atoms. The van der Waals surface area contributed by atoms with E-state index in [4.69, 9.17) is 5.73 Å². The summed E-state index contributed by atoms with van der Waals surface area (Å²) in [5.41, 5.74) is 7.15. The molecule has 0 saturated heterocycles. The number of aryl methyl sites for hydroxylation is 1. The van der Waals surface area contributed by atoms with Crippen molar-refractivity contribution in [1.82, 2.24) is 9.97 Å². The van der Waals surface area contributed by atoms with E-state index in [2.05, 4.69) is 9.97 Å². The molecule has 17 heavy (non-hydrogen) atoms. The number of imidazole rings is 1. The summed E-state index contributed by atoms with van der Waals surface area (Å²) in [7, 11) is 0. The molecule has 1 aromatic rings. The maximum atomic E-state index is 12.9. The molecule has 0 aromatic carbocycles. The van der Waals surface area contributed by atoms with Crippen molar-refractivity contribution in [2.75, 3.05) is 6.67 Å². The second kappa shape index (κ2) is 4.77. The van der Waals surface area contributed by atoms with Gasteiger partial charge in [0.05, 0.1) is 12.4 Å². The first-order chi connectivity index (χ1) is 8.04. The molecule has 1 saturated carbocycles. The highest BCUT2D eigenvalue weighted by atomic mass is 19.1. The van der Waals surface area contributed by atoms with E-state index in [1.807, 2.05) is 20.0 Å². The predicted octanol–water partition coefficient (Wildman–Crippen LogP) is 2.88. The van der Waals surface area contributed by atoms with Crippen LogP contribution in [0.5, 0.6) is 0 Å². The molecule has 3 nitrogen and oxygen atoms in total. The summed E-state index contributed by atoms with van der Waals surface area (Å²) in [6.07, 6.45) is 5.73. The van der Waals surface area contributed by atoms with Gasteiger partial charge in [-0.3, -0.25) is 4.39 Å². The van der Waals surface area contributed by atoms with Crippen molar-refractivity contribution in [3.8, 4) is 0 Å². The lowest BCUT2D eigenvalue weighted by molar-refractivity contribution is 0.119. The Morgan fingerprint density at radius 1 is 1.59 bits per heavy atom. The van der Waals surface area contributed by atoms with E-state index in [-0.39, 0.29) is 18.1 Å². The molecule has 1 atom stereocenters. The average molecular weight is 239 g/mol. The van der Waals surface area contributed by atoms with Gasteiger partial charge >= 0.3 is 0 Å². The number of hydrogen-bond donors (Lipinski definition) is 2. The second-order valence-electron chi connectivity index (χ2n) is 5.73. The van der Waals surface area contributed by atoms with E-state index < -0.39 is 0 Å².